The van der Waals surface area contributed by atoms with Gasteiger partial charge in [0.15, 0.2) is 17.0 Å². The number of fused-ring (bicyclic) bond motifs is 1. The Morgan fingerprint density at radius 3 is 2.66 bits per heavy atom. The number of nitrogens with zero attached hydrogens (tertiary/aromatic N) is 7. The maximum absolute atomic E-state index is 13.0. The number of imidazole rings is 1. The second-order valence-corrected chi connectivity index (χ2v) is 8.23. The monoisotopic (exact) mass is 476 g/mol. The van der Waals surface area contributed by atoms with Gasteiger partial charge in [0.1, 0.15) is 0 Å². The lowest BCUT2D eigenvalue weighted by Crippen LogP contribution is -2.40. The smallest absolute Gasteiger partial charge is 0.323 e. The zero-order valence-corrected chi connectivity index (χ0v) is 19.0. The fraction of sp³-hybridized carbons (Fsp3) is 0.400. The van der Waals surface area contributed by atoms with Gasteiger partial charge in [-0.05, 0) is 47.4 Å². The molecule has 0 amide bonds. The number of aromatic amines is 1. The van der Waals surface area contributed by atoms with Crippen LogP contribution in [0, 0.1) is 0 Å². The summed E-state index contributed by atoms with van der Waals surface area (Å²) >= 11 is 12.0. The van der Waals surface area contributed by atoms with E-state index >= 15 is 0 Å². The second kappa shape index (κ2) is 9.66. The molecule has 0 aliphatic carbocycles. The predicted octanol–water partition coefficient (Wildman–Crippen LogP) is 2.66. The van der Waals surface area contributed by atoms with Gasteiger partial charge >= 0.3 is 5.69 Å². The molecule has 0 aliphatic heterocycles. The van der Waals surface area contributed by atoms with Crippen LogP contribution in [0.25, 0.3) is 11.2 Å². The van der Waals surface area contributed by atoms with E-state index in [1.54, 1.807) is 0 Å². The number of unbranched alkanes of at least 4 members (excludes halogenated alkanes) is 1. The Morgan fingerprint density at radius 1 is 1.06 bits per heavy atom. The van der Waals surface area contributed by atoms with Gasteiger partial charge in [0.2, 0.25) is 5.28 Å². The van der Waals surface area contributed by atoms with Crippen LogP contribution >= 0.6 is 23.2 Å². The molecule has 0 atom stereocenters. The Hall–Kier alpha value is -2.98. The van der Waals surface area contributed by atoms with Gasteiger partial charge in [-0.15, -0.1) is 10.2 Å². The van der Waals surface area contributed by atoms with Gasteiger partial charge in [-0.3, -0.25) is 13.9 Å². The van der Waals surface area contributed by atoms with Crippen LogP contribution < -0.4 is 11.2 Å². The summed E-state index contributed by atoms with van der Waals surface area (Å²) in [5, 5.41) is 13.2. The van der Waals surface area contributed by atoms with Crippen LogP contribution in [0.15, 0.2) is 33.9 Å². The van der Waals surface area contributed by atoms with Crippen molar-refractivity contribution in [3.63, 3.8) is 0 Å². The third-order valence-electron chi connectivity index (χ3n) is 5.05. The topological polar surface area (TPSA) is 116 Å². The van der Waals surface area contributed by atoms with Gasteiger partial charge in [0.05, 0.1) is 6.54 Å². The number of halogens is 2. The van der Waals surface area contributed by atoms with Crippen LogP contribution in [-0.2, 0) is 26.1 Å². The minimum atomic E-state index is -0.439. The highest BCUT2D eigenvalue weighted by Crippen LogP contribution is 2.13. The summed E-state index contributed by atoms with van der Waals surface area (Å²) in [7, 11) is 0. The molecule has 0 saturated carbocycles. The van der Waals surface area contributed by atoms with E-state index in [4.69, 9.17) is 23.2 Å². The van der Waals surface area contributed by atoms with Gasteiger partial charge in [0, 0.05) is 24.5 Å². The Morgan fingerprint density at radius 2 is 1.88 bits per heavy atom. The van der Waals surface area contributed by atoms with Gasteiger partial charge in [0.25, 0.3) is 5.56 Å². The highest BCUT2D eigenvalue weighted by atomic mass is 35.5. The van der Waals surface area contributed by atoms with Gasteiger partial charge < -0.3 is 4.98 Å². The summed E-state index contributed by atoms with van der Waals surface area (Å²) in [6, 6.07) is 7.48. The fourth-order valence-corrected chi connectivity index (χ4v) is 3.88. The lowest BCUT2D eigenvalue weighted by Gasteiger charge is -2.10. The maximum Gasteiger partial charge on any atom is 0.332 e. The zero-order chi connectivity index (χ0) is 22.7. The molecular formula is C20H22Cl2N8O2. The van der Waals surface area contributed by atoms with Crippen LogP contribution in [0.2, 0.25) is 10.3 Å². The van der Waals surface area contributed by atoms with Crippen molar-refractivity contribution in [2.45, 2.75) is 52.2 Å². The third kappa shape index (κ3) is 4.76. The normalized spacial score (nSPS) is 11.5. The standard InChI is InChI=1S/C20H22Cl2N8O2/c1-2-3-8-28-17-16(23-19(22)24-17)18(31)29(20(28)32)9-5-10-30-26-15(25-27-30)12-13-6-4-7-14(21)11-13/h4,6-7,11H,2-3,5,8-10,12H2,1H3,(H,23,24). The summed E-state index contributed by atoms with van der Waals surface area (Å²) in [5.74, 6) is 0.569. The first-order valence-corrected chi connectivity index (χ1v) is 11.1. The van der Waals surface area contributed by atoms with Crippen LogP contribution in [0.1, 0.15) is 37.6 Å². The average molecular weight is 477 g/mol. The number of H-pyrrole nitrogens is 1. The van der Waals surface area contributed by atoms with E-state index < -0.39 is 11.2 Å². The van der Waals surface area contributed by atoms with Crippen molar-refractivity contribution in [3.05, 3.63) is 66.8 Å². The molecule has 0 fully saturated rings. The SMILES string of the molecule is CCCCn1c(=O)n(CCCn2nnc(Cc3cccc(Cl)c3)n2)c(=O)c2[nH]c(Cl)nc21. The van der Waals surface area contributed by atoms with E-state index in [9.17, 15) is 9.59 Å². The molecular weight excluding hydrogens is 455 g/mol. The third-order valence-corrected chi connectivity index (χ3v) is 5.47. The highest BCUT2D eigenvalue weighted by molar-refractivity contribution is 6.30. The number of hydrogen-bond acceptors (Lipinski definition) is 6. The summed E-state index contributed by atoms with van der Waals surface area (Å²) in [5.41, 5.74) is 0.673. The molecule has 4 aromatic rings. The van der Waals surface area contributed by atoms with Crippen molar-refractivity contribution in [1.82, 2.24) is 39.3 Å². The Labute approximate surface area is 192 Å². The predicted molar refractivity (Wildman–Crippen MR) is 121 cm³/mol. The quantitative estimate of drug-likeness (QED) is 0.371. The fourth-order valence-electron chi connectivity index (χ4n) is 3.50. The number of benzene rings is 1. The molecule has 0 unspecified atom stereocenters. The minimum absolute atomic E-state index is 0.0820. The molecule has 10 nitrogen and oxygen atoms in total. The Kier molecular flexibility index (Phi) is 6.71. The van der Waals surface area contributed by atoms with Gasteiger partial charge in [-0.1, -0.05) is 37.1 Å². The molecule has 0 bridgehead atoms. The number of hydrogen-bond donors (Lipinski definition) is 1. The molecule has 1 N–H and O–H groups in total. The first kappa shape index (κ1) is 22.2. The van der Waals surface area contributed by atoms with Crippen molar-refractivity contribution in [2.24, 2.45) is 0 Å². The molecule has 0 saturated heterocycles. The van der Waals surface area contributed by atoms with E-state index in [-0.39, 0.29) is 17.3 Å². The average Bonchev–Trinajstić information content (AvgIpc) is 3.37. The Bertz CT molecular complexity index is 1350. The largest absolute Gasteiger partial charge is 0.332 e. The summed E-state index contributed by atoms with van der Waals surface area (Å²) in [4.78, 5) is 34.1. The molecule has 168 valence electrons. The lowest BCUT2D eigenvalue weighted by molar-refractivity contribution is 0.451. The Balaban J connectivity index is 1.48. The number of aryl methyl sites for hydroxylation is 2. The molecule has 0 spiro atoms. The van der Waals surface area contributed by atoms with E-state index in [2.05, 4.69) is 25.4 Å². The number of aromatic nitrogens is 8. The molecule has 32 heavy (non-hydrogen) atoms. The first-order valence-electron chi connectivity index (χ1n) is 10.4. The molecule has 1 aromatic carbocycles. The van der Waals surface area contributed by atoms with Gasteiger partial charge in [-0.25, -0.2) is 4.79 Å². The summed E-state index contributed by atoms with van der Waals surface area (Å²) < 4.78 is 2.70. The van der Waals surface area contributed by atoms with Crippen molar-refractivity contribution in [1.29, 1.82) is 0 Å². The molecule has 4 rings (SSSR count). The first-order chi connectivity index (χ1) is 15.5. The highest BCUT2D eigenvalue weighted by Gasteiger charge is 2.16. The molecule has 0 aliphatic rings. The van der Waals surface area contributed by atoms with Crippen LogP contribution in [0.4, 0.5) is 0 Å². The van der Waals surface area contributed by atoms with E-state index in [0.29, 0.717) is 42.4 Å². The van der Waals surface area contributed by atoms with Crippen LogP contribution in [-0.4, -0.2) is 39.3 Å². The molecule has 3 heterocycles. The van der Waals surface area contributed by atoms with Crippen molar-refractivity contribution < 1.29 is 0 Å². The molecule has 12 heteroatoms. The number of rotatable bonds is 9. The van der Waals surface area contributed by atoms with Crippen LogP contribution in [0.5, 0.6) is 0 Å². The van der Waals surface area contributed by atoms with Gasteiger partial charge in [-0.2, -0.15) is 9.78 Å². The zero-order valence-electron chi connectivity index (χ0n) is 17.5. The number of tetrazole rings is 1. The van der Waals surface area contributed by atoms with Crippen molar-refractivity contribution in [2.75, 3.05) is 0 Å². The van der Waals surface area contributed by atoms with Crippen molar-refractivity contribution in [3.8, 4) is 0 Å². The summed E-state index contributed by atoms with van der Waals surface area (Å²) in [6.07, 6.45) is 2.68. The summed E-state index contributed by atoms with van der Waals surface area (Å²) in [6.45, 7) is 3.11. The minimum Gasteiger partial charge on any atom is -0.323 e. The molecule has 3 aromatic heterocycles. The van der Waals surface area contributed by atoms with E-state index in [1.807, 2.05) is 31.2 Å². The van der Waals surface area contributed by atoms with Crippen LogP contribution in [0.3, 0.4) is 0 Å². The van der Waals surface area contributed by atoms with E-state index in [1.165, 1.54) is 13.9 Å². The van der Waals surface area contributed by atoms with E-state index in [0.717, 1.165) is 18.4 Å². The maximum atomic E-state index is 13.0. The lowest BCUT2D eigenvalue weighted by atomic mass is 10.1. The van der Waals surface area contributed by atoms with Crippen molar-refractivity contribution >= 4 is 34.4 Å². The second-order valence-electron chi connectivity index (χ2n) is 7.43. The molecule has 0 radical (unpaired) electrons. The number of nitrogens with one attached hydrogen (secondary N) is 1.